The van der Waals surface area contributed by atoms with E-state index in [-0.39, 0.29) is 22.3 Å². The molecule has 0 aliphatic carbocycles. The van der Waals surface area contributed by atoms with Crippen molar-refractivity contribution in [2.24, 2.45) is 0 Å². The number of benzene rings is 2. The molecule has 2 rings (SSSR count). The van der Waals surface area contributed by atoms with E-state index in [0.717, 1.165) is 0 Å². The molecular formula is C29H56. The minimum absolute atomic E-state index is 0. The second kappa shape index (κ2) is 30.9. The molecule has 0 heterocycles. The van der Waals surface area contributed by atoms with Crippen LogP contribution in [-0.2, 0) is 0 Å². The Balaban J connectivity index is -0.0000000631. The molecule has 0 saturated carbocycles. The minimum atomic E-state index is 0. The zero-order valence-corrected chi connectivity index (χ0v) is 19.0. The highest BCUT2D eigenvalue weighted by Crippen LogP contribution is 2.13. The number of rotatable bonds is 1. The Hall–Kier alpha value is -1.82. The summed E-state index contributed by atoms with van der Waals surface area (Å²) in [5.41, 5.74) is 5.42. The smallest absolute Gasteiger partial charge is 0.0219 e. The van der Waals surface area contributed by atoms with Gasteiger partial charge in [0.2, 0.25) is 0 Å². The first kappa shape index (κ1) is 41.5. The van der Waals surface area contributed by atoms with Crippen molar-refractivity contribution in [3.63, 3.8) is 0 Å². The number of hydrogen-bond donors (Lipinski definition) is 0. The van der Waals surface area contributed by atoms with E-state index in [2.05, 4.69) is 124 Å². The van der Waals surface area contributed by atoms with Gasteiger partial charge >= 0.3 is 0 Å². The average Bonchev–Trinajstić information content (AvgIpc) is 2.62. The molecule has 0 radical (unpaired) electrons. The average molecular weight is 405 g/mol. The maximum absolute atomic E-state index is 3.00. The van der Waals surface area contributed by atoms with Gasteiger partial charge in [-0.25, -0.2) is 0 Å². The van der Waals surface area contributed by atoms with E-state index in [1.807, 2.05) is 0 Å². The first-order chi connectivity index (χ1) is 12.3. The molecule has 0 aromatic heterocycles. The molecule has 0 spiro atoms. The fourth-order valence-electron chi connectivity index (χ4n) is 1.59. The summed E-state index contributed by atoms with van der Waals surface area (Å²) in [6.45, 7) is 25.2. The van der Waals surface area contributed by atoms with Crippen LogP contribution in [0.2, 0.25) is 0 Å². The van der Waals surface area contributed by atoms with Gasteiger partial charge in [-0.15, -0.1) is 13.2 Å². The van der Waals surface area contributed by atoms with Gasteiger partial charge in [0, 0.05) is 0 Å². The third-order valence-electron chi connectivity index (χ3n) is 2.96. The van der Waals surface area contributed by atoms with Crippen molar-refractivity contribution < 1.29 is 0 Å². The summed E-state index contributed by atoms with van der Waals surface area (Å²) in [7, 11) is 0. The van der Waals surface area contributed by atoms with Crippen LogP contribution in [0, 0.1) is 20.8 Å². The predicted octanol–water partition coefficient (Wildman–Crippen LogP) is 11.0. The van der Waals surface area contributed by atoms with E-state index >= 15 is 0 Å². The second-order valence-corrected chi connectivity index (χ2v) is 6.63. The van der Waals surface area contributed by atoms with Gasteiger partial charge in [-0.3, -0.25) is 0 Å². The lowest BCUT2D eigenvalue weighted by atomic mass is 10.0. The fraction of sp³-hybridized carbons (Fsp3) is 0.517. The highest BCUT2D eigenvalue weighted by molar-refractivity contribution is 5.23. The molecule has 0 heteroatoms. The van der Waals surface area contributed by atoms with Crippen LogP contribution in [0.3, 0.4) is 0 Å². The number of hydrogen-bond acceptors (Lipinski definition) is 0. The highest BCUT2D eigenvalue weighted by atomic mass is 14.0. The topological polar surface area (TPSA) is 0 Å². The molecule has 2 aromatic carbocycles. The molecule has 172 valence electrons. The molecule has 0 atom stereocenters. The lowest BCUT2D eigenvalue weighted by Crippen LogP contribution is -1.85. The Morgan fingerprint density at radius 2 is 0.724 bits per heavy atom. The summed E-state index contributed by atoms with van der Waals surface area (Å²) < 4.78 is 0. The lowest BCUT2D eigenvalue weighted by molar-refractivity contribution is 0.866. The van der Waals surface area contributed by atoms with E-state index in [1.165, 1.54) is 35.1 Å². The first-order valence-electron chi connectivity index (χ1n) is 9.91. The number of aryl methyl sites for hydroxylation is 3. The molecule has 0 aliphatic rings. The summed E-state index contributed by atoms with van der Waals surface area (Å²) in [4.78, 5) is 0. The van der Waals surface area contributed by atoms with E-state index in [4.69, 9.17) is 0 Å². The van der Waals surface area contributed by atoms with Gasteiger partial charge in [0.15, 0.2) is 0 Å². The van der Waals surface area contributed by atoms with E-state index in [0.29, 0.717) is 5.92 Å². The van der Waals surface area contributed by atoms with Crippen molar-refractivity contribution in [2.75, 3.05) is 0 Å². The monoisotopic (exact) mass is 404 g/mol. The molecule has 0 fully saturated rings. The van der Waals surface area contributed by atoms with Gasteiger partial charge in [-0.1, -0.05) is 142 Å². The Labute approximate surface area is 187 Å². The maximum atomic E-state index is 3.00. The molecule has 29 heavy (non-hydrogen) atoms. The molecule has 0 nitrogen and oxygen atoms in total. The summed E-state index contributed by atoms with van der Waals surface area (Å²) in [5.74, 6) is 0.653. The van der Waals surface area contributed by atoms with Crippen molar-refractivity contribution in [3.05, 3.63) is 83.9 Å². The van der Waals surface area contributed by atoms with Crippen molar-refractivity contribution >= 4 is 0 Å². The highest BCUT2D eigenvalue weighted by Gasteiger charge is 1.95. The molecule has 0 bridgehead atoms. The van der Waals surface area contributed by atoms with Crippen LogP contribution in [0.4, 0.5) is 0 Å². The van der Waals surface area contributed by atoms with Gasteiger partial charge in [0.25, 0.3) is 0 Å². The molecule has 0 saturated heterocycles. The molecular weight excluding hydrogens is 348 g/mol. The van der Waals surface area contributed by atoms with E-state index in [9.17, 15) is 0 Å². The van der Waals surface area contributed by atoms with Gasteiger partial charge in [0.1, 0.15) is 0 Å². The molecule has 2 aromatic rings. The van der Waals surface area contributed by atoms with Gasteiger partial charge in [-0.2, -0.15) is 0 Å². The largest absolute Gasteiger partial charge is 0.106 e. The normalized spacial score (nSPS) is 7.52. The van der Waals surface area contributed by atoms with Crippen molar-refractivity contribution in [2.45, 2.75) is 103 Å². The summed E-state index contributed by atoms with van der Waals surface area (Å²) in [5, 5.41) is 0. The molecule has 0 N–H and O–H groups in total. The Bertz CT molecular complexity index is 466. The standard InChI is InChI=1S/C10H14.C8H10.2C3H8.C2H4.3CH4/c1-8(2)10-6-4-9(3)5-7-10;1-7-3-5-8(2)6-4-7;2*1-3-2;1-2;;;/h4-8H,1-3H3;3-6H,1-2H3;2*3H2,1-2H3;1-2H2;3*1H4. The third kappa shape index (κ3) is 31.1. The van der Waals surface area contributed by atoms with Crippen LogP contribution in [0.5, 0.6) is 0 Å². The fourth-order valence-corrected chi connectivity index (χ4v) is 1.59. The van der Waals surface area contributed by atoms with Crippen molar-refractivity contribution in [3.8, 4) is 0 Å². The summed E-state index contributed by atoms with van der Waals surface area (Å²) in [6.07, 6.45) is 2.50. The predicted molar refractivity (Wildman–Crippen MR) is 145 cm³/mol. The van der Waals surface area contributed by atoms with Crippen LogP contribution in [0.1, 0.15) is 105 Å². The van der Waals surface area contributed by atoms with E-state index < -0.39 is 0 Å². The van der Waals surface area contributed by atoms with Crippen LogP contribution in [-0.4, -0.2) is 0 Å². The summed E-state index contributed by atoms with van der Waals surface area (Å²) >= 11 is 0. The van der Waals surface area contributed by atoms with Gasteiger partial charge in [-0.05, 0) is 32.3 Å². The quantitative estimate of drug-likeness (QED) is 0.414. The second-order valence-electron chi connectivity index (χ2n) is 6.63. The van der Waals surface area contributed by atoms with Crippen LogP contribution in [0.15, 0.2) is 61.7 Å². The zero-order chi connectivity index (χ0) is 21.0. The SMILES string of the molecule is C.C.C.C=C.CCC.CCC.Cc1ccc(C(C)C)cc1.Cc1ccc(C)cc1. The van der Waals surface area contributed by atoms with Crippen LogP contribution < -0.4 is 0 Å². The Morgan fingerprint density at radius 1 is 0.552 bits per heavy atom. The van der Waals surface area contributed by atoms with Gasteiger partial charge in [0.05, 0.1) is 0 Å². The third-order valence-corrected chi connectivity index (χ3v) is 2.96. The molecule has 0 amide bonds. The van der Waals surface area contributed by atoms with Crippen molar-refractivity contribution in [1.29, 1.82) is 0 Å². The van der Waals surface area contributed by atoms with Gasteiger partial charge < -0.3 is 0 Å². The molecule has 0 aliphatic heterocycles. The van der Waals surface area contributed by atoms with Crippen LogP contribution >= 0.6 is 0 Å². The minimum Gasteiger partial charge on any atom is -0.106 e. The summed E-state index contributed by atoms with van der Waals surface area (Å²) in [6, 6.07) is 17.2. The van der Waals surface area contributed by atoms with E-state index in [1.54, 1.807) is 0 Å². The Morgan fingerprint density at radius 3 is 0.897 bits per heavy atom. The molecule has 0 unspecified atom stereocenters. The lowest BCUT2D eigenvalue weighted by Gasteiger charge is -2.03. The van der Waals surface area contributed by atoms with Crippen LogP contribution in [0.25, 0.3) is 0 Å². The Kier molecular flexibility index (Phi) is 44.2. The zero-order valence-electron chi connectivity index (χ0n) is 19.0. The maximum Gasteiger partial charge on any atom is -0.0219 e. The van der Waals surface area contributed by atoms with Crippen molar-refractivity contribution in [1.82, 2.24) is 0 Å². The first-order valence-corrected chi connectivity index (χ1v) is 9.91.